The maximum absolute atomic E-state index is 12.0. The van der Waals surface area contributed by atoms with Gasteiger partial charge in [-0.2, -0.15) is 5.10 Å². The lowest BCUT2D eigenvalue weighted by atomic mass is 10.2. The molecule has 0 aromatic heterocycles. The van der Waals surface area contributed by atoms with Gasteiger partial charge in [-0.1, -0.05) is 0 Å². The first-order valence-corrected chi connectivity index (χ1v) is 6.77. The molecule has 7 heteroatoms. The Morgan fingerprint density at radius 1 is 1.26 bits per heavy atom. The number of fused-ring (bicyclic) bond motifs is 1. The van der Waals surface area contributed by atoms with Crippen LogP contribution in [0.4, 0.5) is 0 Å². The molecule has 0 spiro atoms. The highest BCUT2D eigenvalue weighted by atomic mass is 16.7. The number of nitrogens with zero attached hydrogens (tertiary/aromatic N) is 1. The van der Waals surface area contributed by atoms with Gasteiger partial charge in [-0.3, -0.25) is 4.79 Å². The first kappa shape index (κ1) is 14.7. The number of phenols is 1. The summed E-state index contributed by atoms with van der Waals surface area (Å²) in [6, 6.07) is 9.67. The van der Waals surface area contributed by atoms with Crippen molar-refractivity contribution < 1.29 is 24.1 Å². The van der Waals surface area contributed by atoms with Gasteiger partial charge in [0.15, 0.2) is 23.0 Å². The van der Waals surface area contributed by atoms with Crippen LogP contribution in [0.15, 0.2) is 41.5 Å². The molecule has 0 atom stereocenters. The third-order valence-electron chi connectivity index (χ3n) is 3.22. The SMILES string of the molecule is COc1ccc(/C=N\NC(=O)c2ccc3c(c2)OCO3)cc1O. The average molecular weight is 314 g/mol. The van der Waals surface area contributed by atoms with Crippen molar-refractivity contribution in [3.05, 3.63) is 47.5 Å². The first-order chi connectivity index (χ1) is 11.2. The van der Waals surface area contributed by atoms with Crippen LogP contribution in [0.25, 0.3) is 0 Å². The Morgan fingerprint density at radius 2 is 2.09 bits per heavy atom. The monoisotopic (exact) mass is 314 g/mol. The Labute approximate surface area is 132 Å². The van der Waals surface area contributed by atoms with Gasteiger partial charge in [0, 0.05) is 5.56 Å². The lowest BCUT2D eigenvalue weighted by Gasteiger charge is -2.03. The summed E-state index contributed by atoms with van der Waals surface area (Å²) >= 11 is 0. The number of hydrogen-bond donors (Lipinski definition) is 2. The molecule has 0 fully saturated rings. The van der Waals surface area contributed by atoms with Crippen LogP contribution >= 0.6 is 0 Å². The van der Waals surface area contributed by atoms with E-state index in [-0.39, 0.29) is 18.4 Å². The number of carbonyl (C=O) groups excluding carboxylic acids is 1. The van der Waals surface area contributed by atoms with E-state index >= 15 is 0 Å². The van der Waals surface area contributed by atoms with Crippen molar-refractivity contribution in [2.75, 3.05) is 13.9 Å². The number of benzene rings is 2. The topological polar surface area (TPSA) is 89.4 Å². The molecule has 0 radical (unpaired) electrons. The standard InChI is InChI=1S/C16H14N2O5/c1-21-13-4-2-10(6-12(13)19)8-17-18-16(20)11-3-5-14-15(7-11)23-9-22-14/h2-8,19H,9H2,1H3,(H,18,20)/b17-8-. The summed E-state index contributed by atoms with van der Waals surface area (Å²) < 4.78 is 15.4. The Balaban J connectivity index is 1.65. The number of carbonyl (C=O) groups is 1. The zero-order chi connectivity index (χ0) is 16.2. The molecule has 0 bridgehead atoms. The maximum Gasteiger partial charge on any atom is 0.271 e. The molecule has 2 aromatic carbocycles. The molecule has 1 aliphatic rings. The number of hydrazone groups is 1. The van der Waals surface area contributed by atoms with Crippen molar-refractivity contribution in [2.45, 2.75) is 0 Å². The van der Waals surface area contributed by atoms with Crippen molar-refractivity contribution in [3.63, 3.8) is 0 Å². The number of ether oxygens (including phenoxy) is 3. The number of nitrogens with one attached hydrogen (secondary N) is 1. The van der Waals surface area contributed by atoms with E-state index in [0.29, 0.717) is 28.4 Å². The molecule has 2 aromatic rings. The Bertz CT molecular complexity index is 773. The Kier molecular flexibility index (Phi) is 4.01. The molecule has 0 saturated carbocycles. The van der Waals surface area contributed by atoms with Gasteiger partial charge in [0.25, 0.3) is 5.91 Å². The smallest absolute Gasteiger partial charge is 0.271 e. The van der Waals surface area contributed by atoms with E-state index in [9.17, 15) is 9.90 Å². The van der Waals surface area contributed by atoms with Gasteiger partial charge in [-0.15, -0.1) is 0 Å². The van der Waals surface area contributed by atoms with Crippen LogP contribution in [0.3, 0.4) is 0 Å². The highest BCUT2D eigenvalue weighted by Gasteiger charge is 2.15. The quantitative estimate of drug-likeness (QED) is 0.664. The van der Waals surface area contributed by atoms with Crippen LogP contribution in [-0.4, -0.2) is 31.1 Å². The van der Waals surface area contributed by atoms with Crippen molar-refractivity contribution in [3.8, 4) is 23.0 Å². The first-order valence-electron chi connectivity index (χ1n) is 6.77. The molecule has 1 amide bonds. The molecule has 1 heterocycles. The summed E-state index contributed by atoms with van der Waals surface area (Å²) in [7, 11) is 1.47. The summed E-state index contributed by atoms with van der Waals surface area (Å²) in [6.45, 7) is 0.152. The lowest BCUT2D eigenvalue weighted by Crippen LogP contribution is -2.17. The van der Waals surface area contributed by atoms with E-state index in [0.717, 1.165) is 0 Å². The van der Waals surface area contributed by atoms with Gasteiger partial charge in [-0.05, 0) is 42.0 Å². The molecule has 3 rings (SSSR count). The fourth-order valence-electron chi connectivity index (χ4n) is 2.06. The van der Waals surface area contributed by atoms with Crippen LogP contribution in [-0.2, 0) is 0 Å². The van der Waals surface area contributed by atoms with Gasteiger partial charge in [0.1, 0.15) is 0 Å². The number of phenolic OH excluding ortho intramolecular Hbond substituents is 1. The second kappa shape index (κ2) is 6.27. The minimum absolute atomic E-state index is 0.00134. The third-order valence-corrected chi connectivity index (χ3v) is 3.22. The predicted octanol–water partition coefficient (Wildman–Crippen LogP) is 1.89. The summed E-state index contributed by atoms with van der Waals surface area (Å²) in [6.07, 6.45) is 1.42. The zero-order valence-corrected chi connectivity index (χ0v) is 12.3. The lowest BCUT2D eigenvalue weighted by molar-refractivity contribution is 0.0954. The van der Waals surface area contributed by atoms with E-state index in [2.05, 4.69) is 10.5 Å². The molecule has 0 saturated heterocycles. The molecular weight excluding hydrogens is 300 g/mol. The minimum atomic E-state index is -0.378. The normalized spacial score (nSPS) is 12.4. The van der Waals surface area contributed by atoms with Gasteiger partial charge in [0.05, 0.1) is 13.3 Å². The second-order valence-corrected chi connectivity index (χ2v) is 4.70. The number of rotatable bonds is 4. The fraction of sp³-hybridized carbons (Fsp3) is 0.125. The summed E-state index contributed by atoms with van der Waals surface area (Å²) in [5.74, 6) is 1.13. The van der Waals surface area contributed by atoms with E-state index in [1.54, 1.807) is 30.3 Å². The minimum Gasteiger partial charge on any atom is -0.504 e. The largest absolute Gasteiger partial charge is 0.504 e. The van der Waals surface area contributed by atoms with Crippen molar-refractivity contribution in [2.24, 2.45) is 5.10 Å². The number of aromatic hydroxyl groups is 1. The molecular formula is C16H14N2O5. The van der Waals surface area contributed by atoms with Gasteiger partial charge < -0.3 is 19.3 Å². The van der Waals surface area contributed by atoms with Gasteiger partial charge >= 0.3 is 0 Å². The van der Waals surface area contributed by atoms with E-state index in [1.807, 2.05) is 0 Å². The molecule has 23 heavy (non-hydrogen) atoms. The van der Waals surface area contributed by atoms with Crippen LogP contribution in [0.2, 0.25) is 0 Å². The summed E-state index contributed by atoms with van der Waals surface area (Å²) in [5, 5.41) is 13.5. The van der Waals surface area contributed by atoms with E-state index in [1.165, 1.54) is 19.4 Å². The van der Waals surface area contributed by atoms with Crippen LogP contribution in [0, 0.1) is 0 Å². The number of hydrogen-bond acceptors (Lipinski definition) is 6. The Morgan fingerprint density at radius 3 is 2.87 bits per heavy atom. The zero-order valence-electron chi connectivity index (χ0n) is 12.3. The fourth-order valence-corrected chi connectivity index (χ4v) is 2.06. The van der Waals surface area contributed by atoms with E-state index in [4.69, 9.17) is 14.2 Å². The van der Waals surface area contributed by atoms with Crippen molar-refractivity contribution >= 4 is 12.1 Å². The summed E-state index contributed by atoms with van der Waals surface area (Å²) in [5.41, 5.74) is 3.43. The van der Waals surface area contributed by atoms with Gasteiger partial charge in [0.2, 0.25) is 6.79 Å². The third kappa shape index (κ3) is 3.18. The van der Waals surface area contributed by atoms with Crippen LogP contribution < -0.4 is 19.6 Å². The van der Waals surface area contributed by atoms with Crippen LogP contribution in [0.1, 0.15) is 15.9 Å². The maximum atomic E-state index is 12.0. The highest BCUT2D eigenvalue weighted by molar-refractivity contribution is 5.95. The number of amides is 1. The molecule has 0 unspecified atom stereocenters. The molecule has 0 aliphatic carbocycles. The summed E-state index contributed by atoms with van der Waals surface area (Å²) in [4.78, 5) is 12.0. The Hall–Kier alpha value is -3.22. The second-order valence-electron chi connectivity index (χ2n) is 4.70. The molecule has 1 aliphatic heterocycles. The van der Waals surface area contributed by atoms with Crippen LogP contribution in [0.5, 0.6) is 23.0 Å². The van der Waals surface area contributed by atoms with Crippen molar-refractivity contribution in [1.29, 1.82) is 0 Å². The van der Waals surface area contributed by atoms with Crippen molar-refractivity contribution in [1.82, 2.24) is 5.43 Å². The highest BCUT2D eigenvalue weighted by Crippen LogP contribution is 2.32. The number of methoxy groups -OCH3 is 1. The average Bonchev–Trinajstić information content (AvgIpc) is 3.02. The predicted molar refractivity (Wildman–Crippen MR) is 82.3 cm³/mol. The van der Waals surface area contributed by atoms with Gasteiger partial charge in [-0.25, -0.2) is 5.43 Å². The molecule has 118 valence electrons. The van der Waals surface area contributed by atoms with E-state index < -0.39 is 0 Å². The molecule has 2 N–H and O–H groups in total. The molecule has 7 nitrogen and oxygen atoms in total.